The number of carbonyl (C=O) groups is 2. The fourth-order valence-electron chi connectivity index (χ4n) is 3.08. The number of carbonyl (C=O) groups excluding carboxylic acids is 2. The monoisotopic (exact) mass is 427 g/mol. The van der Waals surface area contributed by atoms with Gasteiger partial charge < -0.3 is 10.1 Å². The van der Waals surface area contributed by atoms with Gasteiger partial charge in [-0.3, -0.25) is 9.59 Å². The number of nitrogens with one attached hydrogen (secondary N) is 1. The zero-order valence-corrected chi connectivity index (χ0v) is 18.3. The Kier molecular flexibility index (Phi) is 6.66. The molecule has 0 bridgehead atoms. The molecule has 1 aromatic carbocycles. The average molecular weight is 428 g/mol. The maximum Gasteiger partial charge on any atom is 0.359 e. The number of aromatic nitrogens is 2. The van der Waals surface area contributed by atoms with Crippen LogP contribution in [0.25, 0.3) is 16.5 Å². The van der Waals surface area contributed by atoms with Crippen LogP contribution in [0.2, 0.25) is 0 Å². The zero-order chi connectivity index (χ0) is 21.8. The molecule has 0 radical (unpaired) electrons. The number of hydrogen-bond acceptors (Lipinski definition) is 6. The van der Waals surface area contributed by atoms with Crippen molar-refractivity contribution in [3.63, 3.8) is 0 Å². The minimum Gasteiger partial charge on any atom is -0.461 e. The largest absolute Gasteiger partial charge is 0.461 e. The molecule has 0 fully saturated rings. The summed E-state index contributed by atoms with van der Waals surface area (Å²) < 4.78 is 6.34. The van der Waals surface area contributed by atoms with Crippen molar-refractivity contribution in [1.82, 2.24) is 9.78 Å². The van der Waals surface area contributed by atoms with E-state index in [0.29, 0.717) is 34.8 Å². The first-order chi connectivity index (χ1) is 14.4. The smallest absolute Gasteiger partial charge is 0.359 e. The molecule has 1 N–H and O–H groups in total. The van der Waals surface area contributed by atoms with Gasteiger partial charge in [0.1, 0.15) is 5.00 Å². The Morgan fingerprint density at radius 1 is 1.20 bits per heavy atom. The lowest BCUT2D eigenvalue weighted by Crippen LogP contribution is -2.25. The summed E-state index contributed by atoms with van der Waals surface area (Å²) in [6.07, 6.45) is 1.04. The lowest BCUT2D eigenvalue weighted by molar-refractivity contribution is -0.116. The van der Waals surface area contributed by atoms with Gasteiger partial charge in [0, 0.05) is 17.2 Å². The number of benzene rings is 1. The zero-order valence-electron chi connectivity index (χ0n) is 17.5. The second kappa shape index (κ2) is 9.21. The number of rotatable bonds is 7. The summed E-state index contributed by atoms with van der Waals surface area (Å²) in [7, 11) is 0. The van der Waals surface area contributed by atoms with Gasteiger partial charge >= 0.3 is 5.97 Å². The molecule has 0 unspecified atom stereocenters. The van der Waals surface area contributed by atoms with Crippen LogP contribution in [-0.4, -0.2) is 28.3 Å². The molecule has 1 amide bonds. The molecule has 7 nitrogen and oxygen atoms in total. The number of anilines is 1. The van der Waals surface area contributed by atoms with Gasteiger partial charge in [-0.1, -0.05) is 32.9 Å². The summed E-state index contributed by atoms with van der Waals surface area (Å²) in [5.74, 6) is -0.444. The average Bonchev–Trinajstić information content (AvgIpc) is 3.12. The summed E-state index contributed by atoms with van der Waals surface area (Å²) in [6.45, 7) is 7.97. The van der Waals surface area contributed by atoms with Crippen molar-refractivity contribution in [3.8, 4) is 5.69 Å². The quantitative estimate of drug-likeness (QED) is 0.561. The van der Waals surface area contributed by atoms with E-state index in [9.17, 15) is 14.4 Å². The first-order valence-electron chi connectivity index (χ1n) is 9.99. The highest BCUT2D eigenvalue weighted by Crippen LogP contribution is 2.31. The first-order valence-corrected chi connectivity index (χ1v) is 10.9. The fourth-order valence-corrected chi connectivity index (χ4v) is 4.04. The minimum absolute atomic E-state index is 0.0478. The number of fused-ring (bicyclic) bond motifs is 1. The number of esters is 1. The molecule has 3 rings (SSSR count). The summed E-state index contributed by atoms with van der Waals surface area (Å²) in [5.41, 5.74) is 1.31. The Morgan fingerprint density at radius 2 is 1.90 bits per heavy atom. The van der Waals surface area contributed by atoms with Crippen LogP contribution in [0.15, 0.2) is 34.4 Å². The van der Waals surface area contributed by atoms with Crippen LogP contribution in [-0.2, 0) is 9.53 Å². The van der Waals surface area contributed by atoms with Gasteiger partial charge in [0.15, 0.2) is 5.69 Å². The second-order valence-corrected chi connectivity index (χ2v) is 8.06. The Morgan fingerprint density at radius 3 is 2.50 bits per heavy atom. The third kappa shape index (κ3) is 4.28. The van der Waals surface area contributed by atoms with Crippen molar-refractivity contribution in [3.05, 3.63) is 51.3 Å². The maximum atomic E-state index is 13.3. The molecule has 8 heteroatoms. The molecule has 158 valence electrons. The molecular weight excluding hydrogens is 402 g/mol. The second-order valence-electron chi connectivity index (χ2n) is 7.18. The van der Waals surface area contributed by atoms with Crippen molar-refractivity contribution in [1.29, 1.82) is 0 Å². The Hall–Kier alpha value is -3.00. The van der Waals surface area contributed by atoms with Gasteiger partial charge in [-0.25, -0.2) is 4.79 Å². The highest BCUT2D eigenvalue weighted by Gasteiger charge is 2.23. The van der Waals surface area contributed by atoms with Crippen molar-refractivity contribution >= 4 is 39.0 Å². The van der Waals surface area contributed by atoms with Crippen LogP contribution < -0.4 is 10.9 Å². The van der Waals surface area contributed by atoms with E-state index in [1.807, 2.05) is 19.1 Å². The number of nitrogens with zero attached hydrogens (tertiary/aromatic N) is 2. The van der Waals surface area contributed by atoms with E-state index in [1.165, 1.54) is 16.0 Å². The highest BCUT2D eigenvalue weighted by atomic mass is 32.1. The van der Waals surface area contributed by atoms with Crippen molar-refractivity contribution < 1.29 is 14.3 Å². The predicted molar refractivity (Wildman–Crippen MR) is 119 cm³/mol. The molecule has 0 aliphatic carbocycles. The minimum atomic E-state index is -0.612. The molecule has 2 heterocycles. The fraction of sp³-hybridized carbons (Fsp3) is 0.364. The summed E-state index contributed by atoms with van der Waals surface area (Å²) in [4.78, 5) is 38.0. The molecule has 0 aliphatic heterocycles. The number of ether oxygens (including phenoxy) is 1. The molecule has 30 heavy (non-hydrogen) atoms. The molecule has 2 aromatic heterocycles. The van der Waals surface area contributed by atoms with Crippen molar-refractivity contribution in [2.45, 2.75) is 46.5 Å². The summed E-state index contributed by atoms with van der Waals surface area (Å²) in [6, 6.07) is 7.46. The van der Waals surface area contributed by atoms with Gasteiger partial charge in [0.05, 0.1) is 17.7 Å². The molecule has 0 aliphatic rings. The first kappa shape index (κ1) is 21.7. The maximum absolute atomic E-state index is 13.3. The van der Waals surface area contributed by atoms with E-state index in [1.54, 1.807) is 24.4 Å². The molecule has 0 saturated heterocycles. The van der Waals surface area contributed by atoms with Crippen LogP contribution in [0.5, 0.6) is 0 Å². The molecular formula is C22H25N3O4S. The van der Waals surface area contributed by atoms with Crippen LogP contribution in [0.4, 0.5) is 5.00 Å². The number of thiophene rings is 1. The lowest BCUT2D eigenvalue weighted by atomic mass is 10.0. The lowest BCUT2D eigenvalue weighted by Gasteiger charge is -2.11. The van der Waals surface area contributed by atoms with Gasteiger partial charge in [-0.2, -0.15) is 9.78 Å². The van der Waals surface area contributed by atoms with E-state index in [2.05, 4.69) is 24.3 Å². The van der Waals surface area contributed by atoms with E-state index < -0.39 is 11.5 Å². The molecule has 3 aromatic rings. The Balaban J connectivity index is 2.21. The van der Waals surface area contributed by atoms with E-state index in [4.69, 9.17) is 4.74 Å². The third-order valence-corrected chi connectivity index (χ3v) is 5.55. The van der Waals surface area contributed by atoms with E-state index in [0.717, 1.165) is 5.56 Å². The van der Waals surface area contributed by atoms with Crippen molar-refractivity contribution in [2.75, 3.05) is 11.9 Å². The van der Waals surface area contributed by atoms with Gasteiger partial charge in [-0.05, 0) is 37.0 Å². The van der Waals surface area contributed by atoms with E-state index in [-0.39, 0.29) is 23.6 Å². The molecule has 0 spiro atoms. The number of hydrogen-bond donors (Lipinski definition) is 1. The molecule has 0 atom stereocenters. The summed E-state index contributed by atoms with van der Waals surface area (Å²) >= 11 is 1.20. The standard InChI is InChI=1S/C22H25N3O4S/c1-5-7-17(26)23-20-18-16(12-30-20)19(22(28)29-6-2)24-25(21(18)27)15-10-8-14(9-11-15)13(3)4/h8-13H,5-7H2,1-4H3,(H,23,26). The van der Waals surface area contributed by atoms with Crippen LogP contribution in [0.1, 0.15) is 62.5 Å². The highest BCUT2D eigenvalue weighted by molar-refractivity contribution is 7.16. The number of amides is 1. The predicted octanol–water partition coefficient (Wildman–Crippen LogP) is 4.49. The third-order valence-electron chi connectivity index (χ3n) is 4.66. The SMILES string of the molecule is CCCC(=O)Nc1scc2c(C(=O)OCC)nn(-c3ccc(C(C)C)cc3)c(=O)c12. The van der Waals surface area contributed by atoms with Crippen molar-refractivity contribution in [2.24, 2.45) is 0 Å². The Bertz CT molecular complexity index is 1130. The van der Waals surface area contributed by atoms with Gasteiger partial charge in [0.25, 0.3) is 5.56 Å². The Labute approximate surface area is 178 Å². The van der Waals surface area contributed by atoms with Crippen LogP contribution in [0.3, 0.4) is 0 Å². The van der Waals surface area contributed by atoms with Gasteiger partial charge in [0.2, 0.25) is 5.91 Å². The van der Waals surface area contributed by atoms with Crippen LogP contribution in [0, 0.1) is 0 Å². The van der Waals surface area contributed by atoms with Crippen LogP contribution >= 0.6 is 11.3 Å². The normalized spacial score (nSPS) is 11.1. The van der Waals surface area contributed by atoms with E-state index >= 15 is 0 Å². The molecule has 0 saturated carbocycles. The summed E-state index contributed by atoms with van der Waals surface area (Å²) in [5, 5.41) is 9.82. The topological polar surface area (TPSA) is 90.3 Å². The van der Waals surface area contributed by atoms with Gasteiger partial charge in [-0.15, -0.1) is 11.3 Å².